The summed E-state index contributed by atoms with van der Waals surface area (Å²) in [6.07, 6.45) is 8.12. The van der Waals surface area contributed by atoms with Crippen molar-refractivity contribution in [1.82, 2.24) is 0 Å². The number of halogens is 1. The van der Waals surface area contributed by atoms with Gasteiger partial charge in [0.05, 0.1) is 0 Å². The number of benzene rings is 1. The SMILES string of the molecule is NC(=S)c1ccc(Br)cc1N1CCC[C@H]2CCCC[C@H]21. The summed E-state index contributed by atoms with van der Waals surface area (Å²) in [5.41, 5.74) is 8.18. The highest BCUT2D eigenvalue weighted by atomic mass is 79.9. The fourth-order valence-electron chi connectivity index (χ4n) is 3.87. The van der Waals surface area contributed by atoms with Crippen molar-refractivity contribution in [3.8, 4) is 0 Å². The molecule has 1 aromatic carbocycles. The van der Waals surface area contributed by atoms with E-state index in [1.807, 2.05) is 12.1 Å². The van der Waals surface area contributed by atoms with Crippen LogP contribution in [0.4, 0.5) is 5.69 Å². The lowest BCUT2D eigenvalue weighted by molar-refractivity contribution is 0.244. The zero-order chi connectivity index (χ0) is 14.1. The van der Waals surface area contributed by atoms with E-state index in [-0.39, 0.29) is 0 Å². The summed E-state index contributed by atoms with van der Waals surface area (Å²) in [5.74, 6) is 0.857. The largest absolute Gasteiger partial charge is 0.389 e. The molecule has 108 valence electrons. The Morgan fingerprint density at radius 3 is 2.75 bits per heavy atom. The molecule has 0 aromatic heterocycles. The predicted octanol–water partition coefficient (Wildman–Crippen LogP) is 4.24. The Morgan fingerprint density at radius 1 is 1.20 bits per heavy atom. The van der Waals surface area contributed by atoms with E-state index < -0.39 is 0 Å². The molecular formula is C16H21BrN2S. The normalized spacial score (nSPS) is 26.1. The minimum Gasteiger partial charge on any atom is -0.389 e. The van der Waals surface area contributed by atoms with Gasteiger partial charge < -0.3 is 10.6 Å². The summed E-state index contributed by atoms with van der Waals surface area (Å²) in [4.78, 5) is 3.08. The van der Waals surface area contributed by atoms with Crippen LogP contribution in [-0.2, 0) is 0 Å². The van der Waals surface area contributed by atoms with Gasteiger partial charge in [-0.05, 0) is 49.8 Å². The summed E-state index contributed by atoms with van der Waals surface area (Å²) in [7, 11) is 0. The number of fused-ring (bicyclic) bond motifs is 1. The average molecular weight is 353 g/mol. The summed E-state index contributed by atoms with van der Waals surface area (Å²) >= 11 is 8.83. The first-order chi connectivity index (χ1) is 9.66. The molecule has 0 unspecified atom stereocenters. The second-order valence-corrected chi connectivity index (χ2v) is 7.33. The molecule has 2 nitrogen and oxygen atoms in total. The molecule has 1 saturated heterocycles. The highest BCUT2D eigenvalue weighted by molar-refractivity contribution is 9.10. The van der Waals surface area contributed by atoms with Crippen molar-refractivity contribution in [1.29, 1.82) is 0 Å². The Kier molecular flexibility index (Phi) is 4.32. The highest BCUT2D eigenvalue weighted by Crippen LogP contribution is 2.39. The van der Waals surface area contributed by atoms with Crippen molar-refractivity contribution < 1.29 is 0 Å². The number of hydrogen-bond donors (Lipinski definition) is 1. The number of piperidine rings is 1. The lowest BCUT2D eigenvalue weighted by Gasteiger charge is -2.46. The first kappa shape index (κ1) is 14.3. The molecule has 0 spiro atoms. The maximum atomic E-state index is 5.93. The molecule has 1 aromatic rings. The van der Waals surface area contributed by atoms with Gasteiger partial charge in [0.1, 0.15) is 4.99 Å². The van der Waals surface area contributed by atoms with E-state index in [1.165, 1.54) is 44.2 Å². The van der Waals surface area contributed by atoms with Gasteiger partial charge in [0.25, 0.3) is 0 Å². The molecule has 0 radical (unpaired) electrons. The zero-order valence-electron chi connectivity index (χ0n) is 11.6. The number of nitrogens with two attached hydrogens (primary N) is 1. The molecule has 1 aliphatic carbocycles. The molecule has 2 fully saturated rings. The van der Waals surface area contributed by atoms with Crippen molar-refractivity contribution in [3.05, 3.63) is 28.2 Å². The molecule has 0 bridgehead atoms. The predicted molar refractivity (Wildman–Crippen MR) is 92.4 cm³/mol. The highest BCUT2D eigenvalue weighted by Gasteiger charge is 2.34. The first-order valence-corrected chi connectivity index (χ1v) is 8.73. The number of thiocarbonyl (C=S) groups is 1. The van der Waals surface area contributed by atoms with Crippen LogP contribution in [0.2, 0.25) is 0 Å². The quantitative estimate of drug-likeness (QED) is 0.807. The lowest BCUT2D eigenvalue weighted by atomic mass is 9.78. The van der Waals surface area contributed by atoms with Crippen LogP contribution < -0.4 is 10.6 Å². The van der Waals surface area contributed by atoms with Crippen molar-refractivity contribution in [2.24, 2.45) is 11.7 Å². The lowest BCUT2D eigenvalue weighted by Crippen LogP contribution is -2.47. The minimum absolute atomic E-state index is 0.505. The minimum atomic E-state index is 0.505. The smallest absolute Gasteiger partial charge is 0.106 e. The van der Waals surface area contributed by atoms with Crippen LogP contribution >= 0.6 is 28.1 Å². The number of rotatable bonds is 2. The second-order valence-electron chi connectivity index (χ2n) is 5.97. The molecule has 20 heavy (non-hydrogen) atoms. The fraction of sp³-hybridized carbons (Fsp3) is 0.562. The first-order valence-electron chi connectivity index (χ1n) is 7.53. The number of nitrogens with zero attached hydrogens (tertiary/aromatic N) is 1. The van der Waals surface area contributed by atoms with Crippen LogP contribution in [0.15, 0.2) is 22.7 Å². The van der Waals surface area contributed by atoms with Gasteiger partial charge in [-0.25, -0.2) is 0 Å². The summed E-state index contributed by atoms with van der Waals surface area (Å²) in [6.45, 7) is 1.13. The van der Waals surface area contributed by atoms with Gasteiger partial charge in [-0.3, -0.25) is 0 Å². The monoisotopic (exact) mass is 352 g/mol. The van der Waals surface area contributed by atoms with Crippen LogP contribution in [0.25, 0.3) is 0 Å². The molecule has 1 aliphatic heterocycles. The van der Waals surface area contributed by atoms with Crippen LogP contribution in [0, 0.1) is 5.92 Å². The van der Waals surface area contributed by atoms with E-state index in [9.17, 15) is 0 Å². The van der Waals surface area contributed by atoms with E-state index >= 15 is 0 Å². The van der Waals surface area contributed by atoms with Gasteiger partial charge >= 0.3 is 0 Å². The summed E-state index contributed by atoms with van der Waals surface area (Å²) in [5, 5.41) is 0. The molecule has 0 amide bonds. The number of hydrogen-bond acceptors (Lipinski definition) is 2. The molecule has 2 atom stereocenters. The van der Waals surface area contributed by atoms with Gasteiger partial charge in [0, 0.05) is 28.3 Å². The van der Waals surface area contributed by atoms with E-state index in [0.717, 1.165) is 22.5 Å². The Morgan fingerprint density at radius 2 is 1.95 bits per heavy atom. The van der Waals surface area contributed by atoms with Crippen molar-refractivity contribution in [2.75, 3.05) is 11.4 Å². The second kappa shape index (κ2) is 6.02. The molecular weight excluding hydrogens is 332 g/mol. The van der Waals surface area contributed by atoms with E-state index in [4.69, 9.17) is 18.0 Å². The summed E-state index contributed by atoms with van der Waals surface area (Å²) in [6, 6.07) is 6.94. The fourth-order valence-corrected chi connectivity index (χ4v) is 4.40. The van der Waals surface area contributed by atoms with E-state index in [0.29, 0.717) is 11.0 Å². The Hall–Kier alpha value is -0.610. The van der Waals surface area contributed by atoms with Crippen molar-refractivity contribution >= 4 is 38.8 Å². The molecule has 1 saturated carbocycles. The van der Waals surface area contributed by atoms with Crippen molar-refractivity contribution in [2.45, 2.75) is 44.6 Å². The topological polar surface area (TPSA) is 29.3 Å². The van der Waals surface area contributed by atoms with Crippen LogP contribution in [-0.4, -0.2) is 17.6 Å². The molecule has 1 heterocycles. The van der Waals surface area contributed by atoms with Gasteiger partial charge in [-0.15, -0.1) is 0 Å². The van der Waals surface area contributed by atoms with Gasteiger partial charge in [0.2, 0.25) is 0 Å². The maximum Gasteiger partial charge on any atom is 0.106 e. The third-order valence-corrected chi connectivity index (χ3v) is 5.49. The third kappa shape index (κ3) is 2.73. The van der Waals surface area contributed by atoms with Crippen LogP contribution in [0.3, 0.4) is 0 Å². The van der Waals surface area contributed by atoms with Gasteiger partial charge in [0.15, 0.2) is 0 Å². The Bertz CT molecular complexity index is 515. The summed E-state index contributed by atoms with van der Waals surface area (Å²) < 4.78 is 1.10. The zero-order valence-corrected chi connectivity index (χ0v) is 14.0. The standard InChI is InChI=1S/C16H21BrN2S/c17-12-7-8-13(16(18)20)15(10-12)19-9-3-5-11-4-1-2-6-14(11)19/h7-8,10-11,14H,1-6,9H2,(H2,18,20)/t11-,14-/m1/s1. The van der Waals surface area contributed by atoms with Crippen molar-refractivity contribution in [3.63, 3.8) is 0 Å². The molecule has 2 N–H and O–H groups in total. The third-order valence-electron chi connectivity index (χ3n) is 4.78. The molecule has 2 aliphatic rings. The van der Waals surface area contributed by atoms with E-state index in [2.05, 4.69) is 26.9 Å². The maximum absolute atomic E-state index is 5.93. The molecule has 3 rings (SSSR count). The van der Waals surface area contributed by atoms with Crippen LogP contribution in [0.1, 0.15) is 44.1 Å². The van der Waals surface area contributed by atoms with Gasteiger partial charge in [-0.1, -0.05) is 41.0 Å². The Balaban J connectivity index is 1.98. The average Bonchev–Trinajstić information content (AvgIpc) is 2.46. The Labute approximate surface area is 134 Å². The molecule has 4 heteroatoms. The van der Waals surface area contributed by atoms with E-state index in [1.54, 1.807) is 0 Å². The van der Waals surface area contributed by atoms with Gasteiger partial charge in [-0.2, -0.15) is 0 Å². The van der Waals surface area contributed by atoms with Crippen LogP contribution in [0.5, 0.6) is 0 Å². The number of anilines is 1.